The summed E-state index contributed by atoms with van der Waals surface area (Å²) < 4.78 is 1.27. The highest BCUT2D eigenvalue weighted by Gasteiger charge is 2.23. The third-order valence-corrected chi connectivity index (χ3v) is 2.29. The van der Waals surface area contributed by atoms with E-state index in [9.17, 15) is 10.1 Å². The molecular formula is C5H5BrClN3O2. The zero-order valence-corrected chi connectivity index (χ0v) is 8.46. The highest BCUT2D eigenvalue weighted by atomic mass is 79.9. The minimum Gasteiger partial charge on any atom is -0.258 e. The molecule has 1 aromatic rings. The van der Waals surface area contributed by atoms with E-state index in [0.717, 1.165) is 0 Å². The molecule has 0 bridgehead atoms. The Morgan fingerprint density at radius 1 is 1.83 bits per heavy atom. The van der Waals surface area contributed by atoms with Crippen LogP contribution >= 0.6 is 27.5 Å². The van der Waals surface area contributed by atoms with E-state index in [1.165, 1.54) is 4.68 Å². The van der Waals surface area contributed by atoms with Crippen LogP contribution in [0, 0.1) is 10.1 Å². The van der Waals surface area contributed by atoms with Crippen molar-refractivity contribution in [1.29, 1.82) is 0 Å². The molecule has 0 spiro atoms. The maximum absolute atomic E-state index is 10.5. The quantitative estimate of drug-likeness (QED) is 0.460. The lowest BCUT2D eigenvalue weighted by Crippen LogP contribution is -1.90. The van der Waals surface area contributed by atoms with Crippen LogP contribution in [0.3, 0.4) is 0 Å². The highest BCUT2D eigenvalue weighted by molar-refractivity contribution is 9.08. The van der Waals surface area contributed by atoms with E-state index in [4.69, 9.17) is 11.6 Å². The molecule has 1 aromatic heterocycles. The van der Waals surface area contributed by atoms with Crippen LogP contribution in [0.15, 0.2) is 0 Å². The minimum atomic E-state index is -0.536. The van der Waals surface area contributed by atoms with E-state index < -0.39 is 4.92 Å². The first-order chi connectivity index (χ1) is 5.57. The smallest absolute Gasteiger partial charge is 0.258 e. The van der Waals surface area contributed by atoms with Crippen molar-refractivity contribution in [3.05, 3.63) is 21.0 Å². The lowest BCUT2D eigenvalue weighted by Gasteiger charge is -1.88. The van der Waals surface area contributed by atoms with Crippen LogP contribution in [0.5, 0.6) is 0 Å². The van der Waals surface area contributed by atoms with Gasteiger partial charge in [-0.2, -0.15) is 5.10 Å². The van der Waals surface area contributed by atoms with Crippen molar-refractivity contribution in [3.8, 4) is 0 Å². The second kappa shape index (κ2) is 3.40. The van der Waals surface area contributed by atoms with Gasteiger partial charge in [-0.1, -0.05) is 27.5 Å². The largest absolute Gasteiger partial charge is 0.329 e. The monoisotopic (exact) mass is 253 g/mol. The molecule has 0 N–H and O–H groups in total. The van der Waals surface area contributed by atoms with Gasteiger partial charge in [0.1, 0.15) is 0 Å². The van der Waals surface area contributed by atoms with E-state index >= 15 is 0 Å². The fourth-order valence-electron chi connectivity index (χ4n) is 0.815. The Morgan fingerprint density at radius 2 is 2.42 bits per heavy atom. The number of nitro groups is 1. The molecule has 1 heterocycles. The van der Waals surface area contributed by atoms with E-state index in [1.54, 1.807) is 7.05 Å². The van der Waals surface area contributed by atoms with E-state index in [0.29, 0.717) is 11.0 Å². The van der Waals surface area contributed by atoms with Crippen molar-refractivity contribution < 1.29 is 4.92 Å². The normalized spacial score (nSPS) is 10.2. The number of halogens is 2. The van der Waals surface area contributed by atoms with Gasteiger partial charge in [-0.3, -0.25) is 14.8 Å². The molecule has 5 nitrogen and oxygen atoms in total. The summed E-state index contributed by atoms with van der Waals surface area (Å²) in [5.41, 5.74) is 0.212. The van der Waals surface area contributed by atoms with Crippen molar-refractivity contribution in [3.63, 3.8) is 0 Å². The SMILES string of the molecule is Cn1nc(CBr)c([N+](=O)[O-])c1Cl. The summed E-state index contributed by atoms with van der Waals surface area (Å²) in [5, 5.41) is 14.7. The summed E-state index contributed by atoms with van der Waals surface area (Å²) in [6.07, 6.45) is 0. The Hall–Kier alpha value is -0.620. The van der Waals surface area contributed by atoms with E-state index in [1.807, 2.05) is 0 Å². The maximum atomic E-state index is 10.5. The average Bonchev–Trinajstić information content (AvgIpc) is 2.28. The number of nitrogens with zero attached hydrogens (tertiary/aromatic N) is 3. The van der Waals surface area contributed by atoms with Crippen LogP contribution in [0.25, 0.3) is 0 Å². The van der Waals surface area contributed by atoms with Gasteiger partial charge in [0.25, 0.3) is 0 Å². The molecule has 0 radical (unpaired) electrons. The van der Waals surface area contributed by atoms with Crippen LogP contribution in [0.4, 0.5) is 5.69 Å². The lowest BCUT2D eigenvalue weighted by atomic mass is 10.4. The molecular weight excluding hydrogens is 249 g/mol. The molecule has 0 saturated heterocycles. The van der Waals surface area contributed by atoms with Crippen molar-refractivity contribution in [2.45, 2.75) is 5.33 Å². The molecule has 0 aliphatic carbocycles. The summed E-state index contributed by atoms with van der Waals surface area (Å²) in [5.74, 6) is 0. The van der Waals surface area contributed by atoms with Gasteiger partial charge in [0, 0.05) is 7.05 Å². The fourth-order valence-corrected chi connectivity index (χ4v) is 1.41. The first kappa shape index (κ1) is 9.47. The van der Waals surface area contributed by atoms with Crippen molar-refractivity contribution in [2.75, 3.05) is 0 Å². The van der Waals surface area contributed by atoms with Crippen LogP contribution in [0.1, 0.15) is 5.69 Å². The number of alkyl halides is 1. The third kappa shape index (κ3) is 1.44. The molecule has 12 heavy (non-hydrogen) atoms. The molecule has 0 amide bonds. The Kier molecular flexibility index (Phi) is 2.69. The van der Waals surface area contributed by atoms with Crippen LogP contribution in [0.2, 0.25) is 5.15 Å². The summed E-state index contributed by atoms with van der Waals surface area (Å²) in [6.45, 7) is 0. The third-order valence-electron chi connectivity index (χ3n) is 1.33. The van der Waals surface area contributed by atoms with Gasteiger partial charge in [-0.25, -0.2) is 0 Å². The number of aryl methyl sites for hydroxylation is 1. The Bertz CT molecular complexity index is 325. The summed E-state index contributed by atoms with van der Waals surface area (Å²) >= 11 is 8.71. The van der Waals surface area contributed by atoms with Gasteiger partial charge in [0.2, 0.25) is 5.15 Å². The van der Waals surface area contributed by atoms with Gasteiger partial charge in [-0.05, 0) is 0 Å². The first-order valence-electron chi connectivity index (χ1n) is 2.99. The summed E-state index contributed by atoms with van der Waals surface area (Å²) in [7, 11) is 1.56. The zero-order valence-electron chi connectivity index (χ0n) is 6.12. The topological polar surface area (TPSA) is 61.0 Å². The van der Waals surface area contributed by atoms with Crippen molar-refractivity contribution in [1.82, 2.24) is 9.78 Å². The number of hydrogen-bond acceptors (Lipinski definition) is 3. The molecule has 0 aromatic carbocycles. The fraction of sp³-hybridized carbons (Fsp3) is 0.400. The Morgan fingerprint density at radius 3 is 2.75 bits per heavy atom. The Labute approximate surface area is 81.6 Å². The molecule has 0 aliphatic heterocycles. The molecule has 66 valence electrons. The van der Waals surface area contributed by atoms with Crippen molar-refractivity contribution >= 4 is 33.2 Å². The summed E-state index contributed by atoms with van der Waals surface area (Å²) in [6, 6.07) is 0. The van der Waals surface area contributed by atoms with Crippen LogP contribution in [-0.4, -0.2) is 14.7 Å². The molecule has 0 atom stereocenters. The number of hydrogen-bond donors (Lipinski definition) is 0. The van der Waals surface area contributed by atoms with Crippen LogP contribution < -0.4 is 0 Å². The van der Waals surface area contributed by atoms with Crippen molar-refractivity contribution in [2.24, 2.45) is 7.05 Å². The van der Waals surface area contributed by atoms with Gasteiger partial charge in [0.15, 0.2) is 5.69 Å². The second-order valence-corrected chi connectivity index (χ2v) is 3.02. The first-order valence-corrected chi connectivity index (χ1v) is 4.49. The van der Waals surface area contributed by atoms with Gasteiger partial charge in [0.05, 0.1) is 10.3 Å². The summed E-state index contributed by atoms with van der Waals surface area (Å²) in [4.78, 5) is 9.93. The standard InChI is InChI=1S/C5H5BrClN3O2/c1-9-5(7)4(10(11)12)3(2-6)8-9/h2H2,1H3. The maximum Gasteiger partial charge on any atom is 0.329 e. The number of aromatic nitrogens is 2. The van der Waals surface area contributed by atoms with E-state index in [2.05, 4.69) is 21.0 Å². The number of rotatable bonds is 2. The lowest BCUT2D eigenvalue weighted by molar-refractivity contribution is -0.385. The molecule has 0 aliphatic rings. The predicted octanol–water partition coefficient (Wildman–Crippen LogP) is 1.88. The highest BCUT2D eigenvalue weighted by Crippen LogP contribution is 2.28. The van der Waals surface area contributed by atoms with Gasteiger partial charge in [-0.15, -0.1) is 0 Å². The van der Waals surface area contributed by atoms with E-state index in [-0.39, 0.29) is 10.8 Å². The van der Waals surface area contributed by atoms with Crippen LogP contribution in [-0.2, 0) is 12.4 Å². The molecule has 0 unspecified atom stereocenters. The van der Waals surface area contributed by atoms with Gasteiger partial charge < -0.3 is 0 Å². The minimum absolute atomic E-state index is 0.0504. The molecule has 0 saturated carbocycles. The second-order valence-electron chi connectivity index (χ2n) is 2.10. The average molecular weight is 254 g/mol. The molecule has 1 rings (SSSR count). The molecule has 7 heteroatoms. The molecule has 0 fully saturated rings. The zero-order chi connectivity index (χ0) is 9.30. The Balaban J connectivity index is 3.31. The van der Waals surface area contributed by atoms with Gasteiger partial charge >= 0.3 is 5.69 Å². The predicted molar refractivity (Wildman–Crippen MR) is 47.5 cm³/mol.